The van der Waals surface area contributed by atoms with Crippen molar-refractivity contribution in [3.63, 3.8) is 0 Å². The highest BCUT2D eigenvalue weighted by Gasteiger charge is 2.28. The van der Waals surface area contributed by atoms with E-state index in [0.29, 0.717) is 0 Å². The number of hydrogen-bond acceptors (Lipinski definition) is 4. The molecule has 4 rings (SSSR count). The molecule has 112 valence electrons. The highest BCUT2D eigenvalue weighted by molar-refractivity contribution is 6.12. The van der Waals surface area contributed by atoms with Crippen molar-refractivity contribution in [1.29, 1.82) is 0 Å². The normalized spacial score (nSPS) is 13.7. The Kier molecular flexibility index (Phi) is 3.41. The highest BCUT2D eigenvalue weighted by Crippen LogP contribution is 2.26. The summed E-state index contributed by atoms with van der Waals surface area (Å²) in [6.07, 6.45) is 0. The molecule has 4 nitrogen and oxygen atoms in total. The first kappa shape index (κ1) is 13.4. The fourth-order valence-electron chi connectivity index (χ4n) is 2.60. The van der Waals surface area contributed by atoms with E-state index in [9.17, 15) is 0 Å². The van der Waals surface area contributed by atoms with E-state index in [1.165, 1.54) is 0 Å². The Balaban J connectivity index is 1.79. The Bertz CT molecular complexity index is 801. The van der Waals surface area contributed by atoms with Crippen LogP contribution < -0.4 is 15.7 Å². The summed E-state index contributed by atoms with van der Waals surface area (Å²) in [5.41, 5.74) is 6.24. The Hall–Kier alpha value is -3.27. The van der Waals surface area contributed by atoms with Crippen molar-refractivity contribution >= 4 is 17.2 Å². The van der Waals surface area contributed by atoms with Gasteiger partial charge in [-0.25, -0.2) is 5.01 Å². The van der Waals surface area contributed by atoms with E-state index in [1.807, 2.05) is 71.8 Å². The van der Waals surface area contributed by atoms with Gasteiger partial charge in [0.1, 0.15) is 0 Å². The third-order valence-electron chi connectivity index (χ3n) is 3.68. The van der Waals surface area contributed by atoms with E-state index >= 15 is 0 Å². The standard InChI is InChI=1S/C19H16N4/c1-4-10-16(11-5-1)19-20-21-23(18-14-8-3-9-15-18)22(19)17-12-6-2-7-13-17/h1-15,21H. The Labute approximate surface area is 135 Å². The first-order valence-corrected chi connectivity index (χ1v) is 7.52. The predicted octanol–water partition coefficient (Wildman–Crippen LogP) is 3.79. The second-order valence-corrected chi connectivity index (χ2v) is 5.20. The van der Waals surface area contributed by atoms with E-state index < -0.39 is 0 Å². The number of hydrogen-bond donors (Lipinski definition) is 1. The van der Waals surface area contributed by atoms with Gasteiger partial charge in [0.25, 0.3) is 0 Å². The van der Waals surface area contributed by atoms with Gasteiger partial charge < -0.3 is 0 Å². The van der Waals surface area contributed by atoms with E-state index in [1.54, 1.807) is 0 Å². The van der Waals surface area contributed by atoms with Crippen molar-refractivity contribution in [2.24, 2.45) is 5.10 Å². The molecule has 0 atom stereocenters. The summed E-state index contributed by atoms with van der Waals surface area (Å²) in [6.45, 7) is 0. The first-order valence-electron chi connectivity index (χ1n) is 7.52. The maximum Gasteiger partial charge on any atom is 0.182 e. The third-order valence-corrected chi connectivity index (χ3v) is 3.68. The van der Waals surface area contributed by atoms with Crippen LogP contribution in [-0.4, -0.2) is 5.84 Å². The van der Waals surface area contributed by atoms with Crippen LogP contribution >= 0.6 is 0 Å². The van der Waals surface area contributed by atoms with Crippen molar-refractivity contribution in [1.82, 2.24) is 5.53 Å². The Morgan fingerprint density at radius 2 is 1.13 bits per heavy atom. The minimum atomic E-state index is 0.862. The Morgan fingerprint density at radius 3 is 1.74 bits per heavy atom. The lowest BCUT2D eigenvalue weighted by molar-refractivity contribution is 0.723. The topological polar surface area (TPSA) is 30.9 Å². The molecule has 0 aliphatic carbocycles. The monoisotopic (exact) mass is 300 g/mol. The van der Waals surface area contributed by atoms with Crippen LogP contribution in [0.5, 0.6) is 0 Å². The molecule has 0 saturated heterocycles. The first-order chi connectivity index (χ1) is 11.4. The maximum absolute atomic E-state index is 4.54. The quantitative estimate of drug-likeness (QED) is 0.798. The maximum atomic E-state index is 4.54. The second kappa shape index (κ2) is 5.85. The fraction of sp³-hybridized carbons (Fsp3) is 0. The van der Waals surface area contributed by atoms with Crippen LogP contribution in [0.1, 0.15) is 5.56 Å². The molecule has 3 aromatic rings. The average Bonchev–Trinajstić information content (AvgIpc) is 3.09. The van der Waals surface area contributed by atoms with Gasteiger partial charge in [0, 0.05) is 5.56 Å². The molecular weight excluding hydrogens is 284 g/mol. The number of amidine groups is 1. The molecule has 23 heavy (non-hydrogen) atoms. The SMILES string of the molecule is c1ccc(C2=NNN(c3ccccc3)N2c2ccccc2)cc1. The van der Waals surface area contributed by atoms with Crippen molar-refractivity contribution in [2.45, 2.75) is 0 Å². The van der Waals surface area contributed by atoms with Crippen molar-refractivity contribution in [3.05, 3.63) is 96.6 Å². The summed E-state index contributed by atoms with van der Waals surface area (Å²) in [5.74, 6) is 0.862. The number of hydrazone groups is 1. The van der Waals surface area contributed by atoms with E-state index in [4.69, 9.17) is 0 Å². The Morgan fingerprint density at radius 1 is 0.609 bits per heavy atom. The molecule has 1 N–H and O–H groups in total. The summed E-state index contributed by atoms with van der Waals surface area (Å²) in [4.78, 5) is 0. The molecule has 4 heteroatoms. The lowest BCUT2D eigenvalue weighted by Crippen LogP contribution is -2.46. The molecular formula is C19H16N4. The van der Waals surface area contributed by atoms with Gasteiger partial charge in [-0.05, 0) is 24.3 Å². The van der Waals surface area contributed by atoms with Crippen molar-refractivity contribution < 1.29 is 0 Å². The number of hydrazine groups is 2. The van der Waals surface area contributed by atoms with Crippen LogP contribution in [0.15, 0.2) is 96.1 Å². The summed E-state index contributed by atoms with van der Waals surface area (Å²) >= 11 is 0. The minimum Gasteiger partial charge on any atom is -0.213 e. The number of para-hydroxylation sites is 2. The molecule has 0 saturated carbocycles. The van der Waals surface area contributed by atoms with Crippen LogP contribution in [0.2, 0.25) is 0 Å². The molecule has 0 radical (unpaired) electrons. The smallest absolute Gasteiger partial charge is 0.182 e. The van der Waals surface area contributed by atoms with Crippen LogP contribution in [-0.2, 0) is 0 Å². The van der Waals surface area contributed by atoms with Gasteiger partial charge in [-0.3, -0.25) is 0 Å². The van der Waals surface area contributed by atoms with Gasteiger partial charge in [-0.2, -0.15) is 10.7 Å². The molecule has 3 aromatic carbocycles. The van der Waals surface area contributed by atoms with Crippen LogP contribution in [0.3, 0.4) is 0 Å². The summed E-state index contributed by atoms with van der Waals surface area (Å²) < 4.78 is 0. The molecule has 1 heterocycles. The summed E-state index contributed by atoms with van der Waals surface area (Å²) in [6, 6.07) is 30.5. The molecule has 0 spiro atoms. The van der Waals surface area contributed by atoms with Gasteiger partial charge in [0.15, 0.2) is 5.84 Å². The van der Waals surface area contributed by atoms with E-state index in [-0.39, 0.29) is 0 Å². The van der Waals surface area contributed by atoms with Gasteiger partial charge in [-0.15, -0.1) is 5.10 Å². The molecule has 0 unspecified atom stereocenters. The highest BCUT2D eigenvalue weighted by atomic mass is 15.9. The number of benzene rings is 3. The lowest BCUT2D eigenvalue weighted by Gasteiger charge is -2.30. The predicted molar refractivity (Wildman–Crippen MR) is 94.0 cm³/mol. The lowest BCUT2D eigenvalue weighted by atomic mass is 10.2. The number of nitrogens with one attached hydrogen (secondary N) is 1. The van der Waals surface area contributed by atoms with Crippen LogP contribution in [0, 0.1) is 0 Å². The van der Waals surface area contributed by atoms with E-state index in [0.717, 1.165) is 22.8 Å². The molecule has 0 bridgehead atoms. The average molecular weight is 300 g/mol. The molecule has 0 aromatic heterocycles. The van der Waals surface area contributed by atoms with Gasteiger partial charge in [-0.1, -0.05) is 66.7 Å². The van der Waals surface area contributed by atoms with Crippen LogP contribution in [0.25, 0.3) is 0 Å². The zero-order valence-electron chi connectivity index (χ0n) is 12.5. The summed E-state index contributed by atoms with van der Waals surface area (Å²) in [7, 11) is 0. The zero-order valence-corrected chi connectivity index (χ0v) is 12.5. The van der Waals surface area contributed by atoms with Gasteiger partial charge in [0.05, 0.1) is 11.4 Å². The number of nitrogens with zero attached hydrogens (tertiary/aromatic N) is 3. The largest absolute Gasteiger partial charge is 0.213 e. The molecule has 0 fully saturated rings. The van der Waals surface area contributed by atoms with Crippen molar-refractivity contribution in [2.75, 3.05) is 10.1 Å². The number of anilines is 2. The third kappa shape index (κ3) is 2.51. The van der Waals surface area contributed by atoms with Crippen LogP contribution in [0.4, 0.5) is 11.4 Å². The number of rotatable bonds is 3. The zero-order chi connectivity index (χ0) is 15.5. The van der Waals surface area contributed by atoms with E-state index in [2.05, 4.69) is 39.9 Å². The van der Waals surface area contributed by atoms with Gasteiger partial charge >= 0.3 is 0 Å². The molecule has 1 aliphatic heterocycles. The van der Waals surface area contributed by atoms with Crippen molar-refractivity contribution in [3.8, 4) is 0 Å². The fourth-order valence-corrected chi connectivity index (χ4v) is 2.60. The minimum absolute atomic E-state index is 0.862. The second-order valence-electron chi connectivity index (χ2n) is 5.20. The summed E-state index contributed by atoms with van der Waals surface area (Å²) in [5, 5.41) is 8.56. The van der Waals surface area contributed by atoms with Gasteiger partial charge in [0.2, 0.25) is 0 Å². The molecule has 0 amide bonds. The molecule has 1 aliphatic rings.